The molecule has 0 unspecified atom stereocenters. The molecule has 2 N–H and O–H groups in total. The highest BCUT2D eigenvalue weighted by atomic mass is 32.2. The quantitative estimate of drug-likeness (QED) is 0.705. The molecule has 0 saturated heterocycles. The third-order valence-corrected chi connectivity index (χ3v) is 4.97. The third kappa shape index (κ3) is 1.59. The molecule has 2 nitrogen and oxygen atoms in total. The van der Waals surface area contributed by atoms with Gasteiger partial charge in [0, 0.05) is 22.3 Å². The molecule has 1 heterocycles. The summed E-state index contributed by atoms with van der Waals surface area (Å²) in [6.45, 7) is 1.05. The lowest BCUT2D eigenvalue weighted by Gasteiger charge is -2.34. The molecule has 0 amide bonds. The third-order valence-electron chi connectivity index (χ3n) is 3.41. The maximum Gasteiger partial charge on any atom is 0.117 e. The number of anilines is 1. The van der Waals surface area contributed by atoms with Crippen LogP contribution >= 0.6 is 11.8 Å². The van der Waals surface area contributed by atoms with Gasteiger partial charge >= 0.3 is 0 Å². The highest BCUT2D eigenvalue weighted by Gasteiger charge is 2.37. The molecule has 1 aliphatic carbocycles. The molecular weight excluding hydrogens is 206 g/mol. The molecule has 2 aliphatic rings. The largest absolute Gasteiger partial charge is 0.508 e. The van der Waals surface area contributed by atoms with Crippen molar-refractivity contribution < 1.29 is 5.11 Å². The lowest BCUT2D eigenvalue weighted by atomic mass is 10.1. The smallest absolute Gasteiger partial charge is 0.117 e. The van der Waals surface area contributed by atoms with Crippen molar-refractivity contribution in [3.63, 3.8) is 0 Å². The number of nitrogens with one attached hydrogen (secondary N) is 1. The monoisotopic (exact) mass is 221 g/mol. The normalized spacial score (nSPS) is 22.4. The Morgan fingerprint density at radius 2 is 2.07 bits per heavy atom. The van der Waals surface area contributed by atoms with Crippen LogP contribution in [0.3, 0.4) is 0 Å². The van der Waals surface area contributed by atoms with Crippen molar-refractivity contribution in [3.05, 3.63) is 18.2 Å². The summed E-state index contributed by atoms with van der Waals surface area (Å²) in [6.07, 6.45) is 5.38. The first kappa shape index (κ1) is 9.40. The average Bonchev–Trinajstić information content (AvgIpc) is 2.67. The first-order valence-electron chi connectivity index (χ1n) is 5.53. The molecule has 1 saturated carbocycles. The summed E-state index contributed by atoms with van der Waals surface area (Å²) in [6, 6.07) is 5.63. The SMILES string of the molecule is Oc1ccc2c(c1)NCC1(CCCC1)S2. The number of phenols is 1. The summed E-state index contributed by atoms with van der Waals surface area (Å²) >= 11 is 2.00. The molecule has 15 heavy (non-hydrogen) atoms. The summed E-state index contributed by atoms with van der Waals surface area (Å²) < 4.78 is 0.434. The fourth-order valence-corrected chi connectivity index (χ4v) is 4.05. The number of fused-ring (bicyclic) bond motifs is 1. The van der Waals surface area contributed by atoms with Gasteiger partial charge in [-0.05, 0) is 25.0 Å². The number of hydrogen-bond acceptors (Lipinski definition) is 3. The van der Waals surface area contributed by atoms with E-state index in [1.54, 1.807) is 6.07 Å². The lowest BCUT2D eigenvalue weighted by Crippen LogP contribution is -2.33. The molecule has 1 fully saturated rings. The van der Waals surface area contributed by atoms with E-state index in [1.165, 1.54) is 30.6 Å². The van der Waals surface area contributed by atoms with Crippen molar-refractivity contribution in [3.8, 4) is 5.75 Å². The summed E-state index contributed by atoms with van der Waals surface area (Å²) in [5.74, 6) is 0.351. The van der Waals surface area contributed by atoms with Gasteiger partial charge < -0.3 is 10.4 Å². The van der Waals surface area contributed by atoms with Gasteiger partial charge in [0.15, 0.2) is 0 Å². The topological polar surface area (TPSA) is 32.3 Å². The molecule has 1 aliphatic heterocycles. The predicted molar refractivity (Wildman–Crippen MR) is 63.7 cm³/mol. The van der Waals surface area contributed by atoms with E-state index in [-0.39, 0.29) is 0 Å². The fraction of sp³-hybridized carbons (Fsp3) is 0.500. The van der Waals surface area contributed by atoms with E-state index in [2.05, 4.69) is 5.32 Å². The highest BCUT2D eigenvalue weighted by Crippen LogP contribution is 2.50. The Labute approximate surface area is 94.1 Å². The molecule has 1 aromatic rings. The average molecular weight is 221 g/mol. The standard InChI is InChI=1S/C12H15NOS/c14-9-3-4-11-10(7-9)13-8-12(15-11)5-1-2-6-12/h3-4,7,13-14H,1-2,5-6,8H2. The molecule has 1 aromatic carbocycles. The van der Waals surface area contributed by atoms with E-state index in [9.17, 15) is 5.11 Å². The summed E-state index contributed by atoms with van der Waals surface area (Å²) in [5, 5.41) is 12.9. The van der Waals surface area contributed by atoms with Crippen LogP contribution in [0.15, 0.2) is 23.1 Å². The number of benzene rings is 1. The van der Waals surface area contributed by atoms with Crippen molar-refractivity contribution in [1.82, 2.24) is 0 Å². The van der Waals surface area contributed by atoms with Crippen molar-refractivity contribution in [2.75, 3.05) is 11.9 Å². The van der Waals surface area contributed by atoms with E-state index < -0.39 is 0 Å². The fourth-order valence-electron chi connectivity index (χ4n) is 2.57. The van der Waals surface area contributed by atoms with Crippen LogP contribution in [0, 0.1) is 0 Å². The molecule has 80 valence electrons. The van der Waals surface area contributed by atoms with Gasteiger partial charge in [-0.15, -0.1) is 11.8 Å². The van der Waals surface area contributed by atoms with Crippen LogP contribution in [0.1, 0.15) is 25.7 Å². The number of phenolic OH excluding ortho intramolecular Hbond substituents is 1. The zero-order chi connectivity index (χ0) is 10.3. The van der Waals surface area contributed by atoms with E-state index in [0.717, 1.165) is 12.2 Å². The van der Waals surface area contributed by atoms with Crippen LogP contribution in [0.5, 0.6) is 5.75 Å². The first-order chi connectivity index (χ1) is 7.27. The minimum absolute atomic E-state index is 0.351. The highest BCUT2D eigenvalue weighted by molar-refractivity contribution is 8.01. The van der Waals surface area contributed by atoms with Crippen LogP contribution in [-0.2, 0) is 0 Å². The summed E-state index contributed by atoms with van der Waals surface area (Å²) in [5.41, 5.74) is 1.09. The minimum Gasteiger partial charge on any atom is -0.508 e. The van der Waals surface area contributed by atoms with Gasteiger partial charge in [0.1, 0.15) is 5.75 Å². The molecular formula is C12H15NOS. The zero-order valence-electron chi connectivity index (χ0n) is 8.62. The van der Waals surface area contributed by atoms with Gasteiger partial charge in [-0.25, -0.2) is 0 Å². The molecule has 3 heteroatoms. The van der Waals surface area contributed by atoms with Gasteiger partial charge in [-0.1, -0.05) is 12.8 Å². The number of hydrogen-bond donors (Lipinski definition) is 2. The minimum atomic E-state index is 0.351. The van der Waals surface area contributed by atoms with E-state index >= 15 is 0 Å². The molecule has 1 spiro atoms. The van der Waals surface area contributed by atoms with Gasteiger partial charge in [-0.3, -0.25) is 0 Å². The Morgan fingerprint density at radius 1 is 1.27 bits per heavy atom. The van der Waals surface area contributed by atoms with Crippen LogP contribution in [0.4, 0.5) is 5.69 Å². The van der Waals surface area contributed by atoms with E-state index in [0.29, 0.717) is 10.5 Å². The second-order valence-corrected chi connectivity index (χ2v) is 6.04. The Hall–Kier alpha value is -0.830. The van der Waals surface area contributed by atoms with Gasteiger partial charge in [0.25, 0.3) is 0 Å². The number of thioether (sulfide) groups is 1. The van der Waals surface area contributed by atoms with Crippen LogP contribution in [0.2, 0.25) is 0 Å². The molecule has 0 bridgehead atoms. The van der Waals surface area contributed by atoms with Crippen molar-refractivity contribution in [1.29, 1.82) is 0 Å². The molecule has 0 atom stereocenters. The zero-order valence-corrected chi connectivity index (χ0v) is 9.44. The van der Waals surface area contributed by atoms with E-state index in [1.807, 2.05) is 23.9 Å². The summed E-state index contributed by atoms with van der Waals surface area (Å²) in [4.78, 5) is 1.29. The lowest BCUT2D eigenvalue weighted by molar-refractivity contribution is 0.475. The van der Waals surface area contributed by atoms with Crippen LogP contribution in [0.25, 0.3) is 0 Å². The van der Waals surface area contributed by atoms with Crippen molar-refractivity contribution in [2.24, 2.45) is 0 Å². The maximum absolute atomic E-state index is 9.40. The molecule has 3 rings (SSSR count). The van der Waals surface area contributed by atoms with Crippen LogP contribution in [-0.4, -0.2) is 16.4 Å². The Balaban J connectivity index is 1.93. The molecule has 0 radical (unpaired) electrons. The first-order valence-corrected chi connectivity index (χ1v) is 6.35. The maximum atomic E-state index is 9.40. The second kappa shape index (κ2) is 3.34. The van der Waals surface area contributed by atoms with Crippen molar-refractivity contribution in [2.45, 2.75) is 35.3 Å². The number of rotatable bonds is 0. The predicted octanol–water partition coefficient (Wildman–Crippen LogP) is 3.22. The molecule has 0 aromatic heterocycles. The van der Waals surface area contributed by atoms with Gasteiger partial charge in [-0.2, -0.15) is 0 Å². The van der Waals surface area contributed by atoms with E-state index in [4.69, 9.17) is 0 Å². The Morgan fingerprint density at radius 3 is 2.87 bits per heavy atom. The van der Waals surface area contributed by atoms with Gasteiger partial charge in [0.05, 0.1) is 5.69 Å². The Kier molecular flexibility index (Phi) is 2.09. The van der Waals surface area contributed by atoms with Crippen LogP contribution < -0.4 is 5.32 Å². The van der Waals surface area contributed by atoms with Crippen molar-refractivity contribution >= 4 is 17.4 Å². The summed E-state index contributed by atoms with van der Waals surface area (Å²) in [7, 11) is 0. The van der Waals surface area contributed by atoms with Gasteiger partial charge in [0.2, 0.25) is 0 Å². The second-order valence-electron chi connectivity index (χ2n) is 4.53. The number of aromatic hydroxyl groups is 1. The Bertz CT molecular complexity index is 385.